The monoisotopic (exact) mass is 219 g/mol. The summed E-state index contributed by atoms with van der Waals surface area (Å²) in [5.41, 5.74) is 9.61. The number of carbonyl (C=O) groups excluding carboxylic acids is 1. The highest BCUT2D eigenvalue weighted by molar-refractivity contribution is 5.69. The van der Waals surface area contributed by atoms with Crippen molar-refractivity contribution in [1.29, 1.82) is 0 Å². The lowest BCUT2D eigenvalue weighted by Crippen LogP contribution is -2.02. The summed E-state index contributed by atoms with van der Waals surface area (Å²) in [4.78, 5) is 10.7. The number of nitrogen functional groups attached to an aromatic ring is 1. The third-order valence-electron chi connectivity index (χ3n) is 2.48. The molecule has 1 aromatic rings. The second-order valence-electron chi connectivity index (χ2n) is 3.81. The van der Waals surface area contributed by atoms with Crippen LogP contribution in [0.4, 0.5) is 5.69 Å². The van der Waals surface area contributed by atoms with E-state index in [2.05, 4.69) is 0 Å². The van der Waals surface area contributed by atoms with E-state index in [-0.39, 0.29) is 5.97 Å². The molecule has 0 aliphatic rings. The van der Waals surface area contributed by atoms with Gasteiger partial charge in [0.05, 0.1) is 0 Å². The molecule has 0 unspecified atom stereocenters. The molecule has 0 aliphatic carbocycles. The van der Waals surface area contributed by atoms with Crippen LogP contribution in [0.15, 0.2) is 29.8 Å². The van der Waals surface area contributed by atoms with Crippen LogP contribution < -0.4 is 5.73 Å². The van der Waals surface area contributed by atoms with E-state index in [0.717, 1.165) is 22.4 Å². The molecule has 0 spiro atoms. The molecule has 0 heterocycles. The van der Waals surface area contributed by atoms with Gasteiger partial charge < -0.3 is 10.5 Å². The Kier molecular flexibility index (Phi) is 4.11. The van der Waals surface area contributed by atoms with Gasteiger partial charge in [-0.2, -0.15) is 0 Å². The summed E-state index contributed by atoms with van der Waals surface area (Å²) >= 11 is 0. The largest absolute Gasteiger partial charge is 0.461 e. The fourth-order valence-electron chi connectivity index (χ4n) is 1.30. The lowest BCUT2D eigenvalue weighted by Gasteiger charge is -2.08. The van der Waals surface area contributed by atoms with Crippen molar-refractivity contribution in [3.8, 4) is 0 Å². The third kappa shape index (κ3) is 3.42. The van der Waals surface area contributed by atoms with E-state index in [9.17, 15) is 4.79 Å². The van der Waals surface area contributed by atoms with Crippen molar-refractivity contribution in [2.45, 2.75) is 20.8 Å². The Morgan fingerprint density at radius 2 is 1.75 bits per heavy atom. The highest BCUT2D eigenvalue weighted by Crippen LogP contribution is 2.19. The van der Waals surface area contributed by atoms with Gasteiger partial charge in [0, 0.05) is 12.6 Å². The molecule has 1 rings (SSSR count). The minimum Gasteiger partial charge on any atom is -0.461 e. The lowest BCUT2D eigenvalue weighted by atomic mass is 10.0. The molecule has 0 fully saturated rings. The van der Waals surface area contributed by atoms with Crippen LogP contribution in [0.1, 0.15) is 26.3 Å². The van der Waals surface area contributed by atoms with Crippen molar-refractivity contribution in [3.63, 3.8) is 0 Å². The SMILES string of the molecule is CC(=O)OCC(C)=C(C)c1ccc(N)cc1. The first-order chi connectivity index (χ1) is 7.50. The first kappa shape index (κ1) is 12.3. The minimum atomic E-state index is -0.260. The first-order valence-electron chi connectivity index (χ1n) is 5.16. The van der Waals surface area contributed by atoms with Crippen LogP contribution in [0.2, 0.25) is 0 Å². The molecular formula is C13H17NO2. The maximum Gasteiger partial charge on any atom is 0.302 e. The number of nitrogens with two attached hydrogens (primary N) is 1. The van der Waals surface area contributed by atoms with Gasteiger partial charge in [0.2, 0.25) is 0 Å². The minimum absolute atomic E-state index is 0.260. The highest BCUT2D eigenvalue weighted by atomic mass is 16.5. The van der Waals surface area contributed by atoms with Gasteiger partial charge in [0.25, 0.3) is 0 Å². The van der Waals surface area contributed by atoms with Crippen LogP contribution in [0, 0.1) is 0 Å². The van der Waals surface area contributed by atoms with Crippen LogP contribution in [0.3, 0.4) is 0 Å². The molecule has 16 heavy (non-hydrogen) atoms. The van der Waals surface area contributed by atoms with Gasteiger partial charge in [-0.15, -0.1) is 0 Å². The Hall–Kier alpha value is -1.77. The molecule has 1 aromatic carbocycles. The van der Waals surface area contributed by atoms with Crippen LogP contribution in [-0.2, 0) is 9.53 Å². The maximum absolute atomic E-state index is 10.7. The number of allylic oxidation sites excluding steroid dienone is 1. The summed E-state index contributed by atoms with van der Waals surface area (Å²) < 4.78 is 4.95. The standard InChI is InChI=1S/C13H17NO2/c1-9(8-16-11(3)15)10(2)12-4-6-13(14)7-5-12/h4-7H,8,14H2,1-3H3. The van der Waals surface area contributed by atoms with E-state index < -0.39 is 0 Å². The number of hydrogen-bond acceptors (Lipinski definition) is 3. The van der Waals surface area contributed by atoms with Crippen LogP contribution in [-0.4, -0.2) is 12.6 Å². The molecule has 0 radical (unpaired) electrons. The van der Waals surface area contributed by atoms with E-state index in [1.165, 1.54) is 6.92 Å². The summed E-state index contributed by atoms with van der Waals surface area (Å²) in [6.07, 6.45) is 0. The van der Waals surface area contributed by atoms with Crippen molar-refractivity contribution in [1.82, 2.24) is 0 Å². The molecular weight excluding hydrogens is 202 g/mol. The molecule has 0 saturated heterocycles. The number of ether oxygens (including phenoxy) is 1. The molecule has 0 aromatic heterocycles. The second-order valence-corrected chi connectivity index (χ2v) is 3.81. The van der Waals surface area contributed by atoms with Gasteiger partial charge in [0.15, 0.2) is 0 Å². The van der Waals surface area contributed by atoms with Crippen molar-refractivity contribution < 1.29 is 9.53 Å². The molecule has 86 valence electrons. The van der Waals surface area contributed by atoms with E-state index >= 15 is 0 Å². The van der Waals surface area contributed by atoms with Crippen LogP contribution in [0.25, 0.3) is 5.57 Å². The number of hydrogen-bond donors (Lipinski definition) is 1. The first-order valence-corrected chi connectivity index (χ1v) is 5.16. The van der Waals surface area contributed by atoms with E-state index in [0.29, 0.717) is 6.61 Å². The fraction of sp³-hybridized carbons (Fsp3) is 0.308. The Balaban J connectivity index is 2.82. The zero-order chi connectivity index (χ0) is 12.1. The average Bonchev–Trinajstić information content (AvgIpc) is 2.26. The van der Waals surface area contributed by atoms with Crippen molar-refractivity contribution in [3.05, 3.63) is 35.4 Å². The lowest BCUT2D eigenvalue weighted by molar-refractivity contribution is -0.139. The van der Waals surface area contributed by atoms with Crippen LogP contribution in [0.5, 0.6) is 0 Å². The predicted octanol–water partition coefficient (Wildman–Crippen LogP) is 2.63. The number of benzene rings is 1. The summed E-state index contributed by atoms with van der Waals surface area (Å²) in [5.74, 6) is -0.260. The number of anilines is 1. The smallest absolute Gasteiger partial charge is 0.302 e. The Labute approximate surface area is 95.9 Å². The topological polar surface area (TPSA) is 52.3 Å². The summed E-state index contributed by atoms with van der Waals surface area (Å²) in [7, 11) is 0. The van der Waals surface area contributed by atoms with E-state index in [1.54, 1.807) is 0 Å². The number of esters is 1. The van der Waals surface area contributed by atoms with Gasteiger partial charge in [-0.05, 0) is 42.7 Å². The third-order valence-corrected chi connectivity index (χ3v) is 2.48. The van der Waals surface area contributed by atoms with Crippen molar-refractivity contribution >= 4 is 17.2 Å². The van der Waals surface area contributed by atoms with Gasteiger partial charge in [-0.25, -0.2) is 0 Å². The van der Waals surface area contributed by atoms with Gasteiger partial charge >= 0.3 is 5.97 Å². The predicted molar refractivity (Wildman–Crippen MR) is 65.8 cm³/mol. The quantitative estimate of drug-likeness (QED) is 0.628. The average molecular weight is 219 g/mol. The Morgan fingerprint density at radius 3 is 2.25 bits per heavy atom. The Bertz CT molecular complexity index is 404. The Morgan fingerprint density at radius 1 is 1.19 bits per heavy atom. The highest BCUT2D eigenvalue weighted by Gasteiger charge is 2.02. The number of carbonyl (C=O) groups is 1. The van der Waals surface area contributed by atoms with Crippen LogP contribution >= 0.6 is 0 Å². The molecule has 3 heteroatoms. The molecule has 0 amide bonds. The van der Waals surface area contributed by atoms with Crippen molar-refractivity contribution in [2.75, 3.05) is 12.3 Å². The number of rotatable bonds is 3. The second kappa shape index (κ2) is 5.35. The molecule has 0 atom stereocenters. The molecule has 3 nitrogen and oxygen atoms in total. The van der Waals surface area contributed by atoms with Crippen molar-refractivity contribution in [2.24, 2.45) is 0 Å². The summed E-state index contributed by atoms with van der Waals surface area (Å²) in [5, 5.41) is 0. The molecule has 0 aliphatic heterocycles. The zero-order valence-electron chi connectivity index (χ0n) is 9.91. The zero-order valence-corrected chi connectivity index (χ0v) is 9.91. The van der Waals surface area contributed by atoms with Gasteiger partial charge in [0.1, 0.15) is 6.61 Å². The van der Waals surface area contributed by atoms with Gasteiger partial charge in [-0.1, -0.05) is 12.1 Å². The molecule has 0 bridgehead atoms. The summed E-state index contributed by atoms with van der Waals surface area (Å²) in [6.45, 7) is 5.70. The molecule has 0 saturated carbocycles. The molecule has 2 N–H and O–H groups in total. The normalized spacial score (nSPS) is 11.9. The van der Waals surface area contributed by atoms with E-state index in [4.69, 9.17) is 10.5 Å². The fourth-order valence-corrected chi connectivity index (χ4v) is 1.30. The maximum atomic E-state index is 10.7. The van der Waals surface area contributed by atoms with E-state index in [1.807, 2.05) is 38.1 Å². The van der Waals surface area contributed by atoms with Gasteiger partial charge in [-0.3, -0.25) is 4.79 Å². The summed E-state index contributed by atoms with van der Waals surface area (Å²) in [6, 6.07) is 7.64.